The van der Waals surface area contributed by atoms with E-state index in [1.165, 1.54) is 22.6 Å². The van der Waals surface area contributed by atoms with E-state index in [0.717, 1.165) is 27.5 Å². The number of aryl methyl sites for hydroxylation is 1. The van der Waals surface area contributed by atoms with Gasteiger partial charge in [0.15, 0.2) is 5.13 Å². The lowest BCUT2D eigenvalue weighted by atomic mass is 10.1. The molecule has 142 valence electrons. The molecule has 3 rings (SSSR count). The summed E-state index contributed by atoms with van der Waals surface area (Å²) in [6, 6.07) is 1.65. The van der Waals surface area contributed by atoms with Crippen molar-refractivity contribution in [3.8, 4) is 10.4 Å². The summed E-state index contributed by atoms with van der Waals surface area (Å²) in [6.07, 6.45) is 0.471. The number of nitrogens with one attached hydrogen (secondary N) is 1. The smallest absolute Gasteiger partial charge is 0.252 e. The maximum atomic E-state index is 12.9. The third-order valence-electron chi connectivity index (χ3n) is 4.01. The number of piperidine rings is 1. The summed E-state index contributed by atoms with van der Waals surface area (Å²) < 4.78 is 28.2. The monoisotopic (exact) mass is 479 g/mol. The van der Waals surface area contributed by atoms with Crippen molar-refractivity contribution in [2.75, 3.05) is 18.4 Å². The van der Waals surface area contributed by atoms with Gasteiger partial charge in [-0.1, -0.05) is 11.3 Å². The minimum Gasteiger partial charge on any atom is -0.393 e. The molecule has 0 aromatic carbocycles. The van der Waals surface area contributed by atoms with Crippen molar-refractivity contribution in [2.45, 2.75) is 37.0 Å². The highest BCUT2D eigenvalue weighted by Gasteiger charge is 2.31. The molecule has 0 aliphatic carbocycles. The molecule has 2 N–H and O–H groups in total. The van der Waals surface area contributed by atoms with Crippen molar-refractivity contribution in [3.05, 3.63) is 15.5 Å². The fourth-order valence-electron chi connectivity index (χ4n) is 2.69. The topological polar surface area (TPSA) is 99.6 Å². The van der Waals surface area contributed by atoms with Gasteiger partial charge in [0.2, 0.25) is 5.91 Å². The van der Waals surface area contributed by atoms with E-state index in [9.17, 15) is 18.3 Å². The fraction of sp³-hybridized carbons (Fsp3) is 0.467. The summed E-state index contributed by atoms with van der Waals surface area (Å²) in [4.78, 5) is 16.3. The van der Waals surface area contributed by atoms with Crippen molar-refractivity contribution in [3.63, 3.8) is 0 Å². The number of hydrogen-bond donors (Lipinski definition) is 2. The number of carbonyl (C=O) groups is 1. The Bertz CT molecular complexity index is 930. The molecule has 11 heteroatoms. The van der Waals surface area contributed by atoms with Gasteiger partial charge in [-0.15, -0.1) is 11.3 Å². The Morgan fingerprint density at radius 2 is 2.04 bits per heavy atom. The van der Waals surface area contributed by atoms with E-state index in [4.69, 9.17) is 0 Å². The number of aromatic nitrogens is 1. The summed E-state index contributed by atoms with van der Waals surface area (Å²) in [5.41, 5.74) is 1.47. The van der Waals surface area contributed by atoms with Crippen LogP contribution >= 0.6 is 38.6 Å². The summed E-state index contributed by atoms with van der Waals surface area (Å²) in [6.45, 7) is 3.87. The number of thiazole rings is 1. The average Bonchev–Trinajstić information content (AvgIpc) is 3.10. The standard InChI is InChI=1S/C15H18BrN3O4S3/c1-8-13(25-15(17-8)18-9(2)20)11-7-12(24-14(11)16)26(22,23)19-5-3-10(21)4-6-19/h7,10,21H,3-6H2,1-2H3,(H,17,18,20). The second-order valence-corrected chi connectivity index (χ2v) is 11.5. The number of thiophene rings is 1. The van der Waals surface area contributed by atoms with Gasteiger partial charge in [-0.3, -0.25) is 4.79 Å². The second-order valence-electron chi connectivity index (χ2n) is 6.00. The lowest BCUT2D eigenvalue weighted by Crippen LogP contribution is -2.39. The molecule has 0 bridgehead atoms. The van der Waals surface area contributed by atoms with Gasteiger partial charge in [-0.2, -0.15) is 4.31 Å². The molecule has 1 aliphatic heterocycles. The van der Waals surface area contributed by atoms with Gasteiger partial charge < -0.3 is 10.4 Å². The van der Waals surface area contributed by atoms with Gasteiger partial charge in [0, 0.05) is 25.6 Å². The number of aliphatic hydroxyl groups excluding tert-OH is 1. The van der Waals surface area contributed by atoms with Gasteiger partial charge in [0.05, 0.1) is 20.5 Å². The highest BCUT2D eigenvalue weighted by atomic mass is 79.9. The van der Waals surface area contributed by atoms with Gasteiger partial charge in [0.25, 0.3) is 10.0 Å². The van der Waals surface area contributed by atoms with Crippen molar-refractivity contribution < 1.29 is 18.3 Å². The van der Waals surface area contributed by atoms with E-state index in [1.807, 2.05) is 6.92 Å². The number of anilines is 1. The summed E-state index contributed by atoms with van der Waals surface area (Å²) in [5, 5.41) is 12.7. The largest absolute Gasteiger partial charge is 0.393 e. The van der Waals surface area contributed by atoms with Crippen molar-refractivity contribution in [1.82, 2.24) is 9.29 Å². The van der Waals surface area contributed by atoms with Crippen LogP contribution in [0.2, 0.25) is 0 Å². The predicted octanol–water partition coefficient (Wildman–Crippen LogP) is 3.05. The first-order valence-corrected chi connectivity index (χ1v) is 11.8. The predicted molar refractivity (Wildman–Crippen MR) is 106 cm³/mol. The Kier molecular flexibility index (Phi) is 5.85. The summed E-state index contributed by atoms with van der Waals surface area (Å²) in [7, 11) is -3.59. The number of aliphatic hydroxyl groups is 1. The molecule has 0 atom stereocenters. The highest BCUT2D eigenvalue weighted by Crippen LogP contribution is 2.43. The molecule has 2 aromatic heterocycles. The van der Waals surface area contributed by atoms with Crippen LogP contribution in [0.3, 0.4) is 0 Å². The van der Waals surface area contributed by atoms with Crippen LogP contribution in [0.15, 0.2) is 14.1 Å². The van der Waals surface area contributed by atoms with Crippen molar-refractivity contribution in [1.29, 1.82) is 0 Å². The molecular formula is C15H18BrN3O4S3. The zero-order chi connectivity index (χ0) is 19.1. The molecule has 1 amide bonds. The number of nitrogens with zero attached hydrogens (tertiary/aromatic N) is 2. The van der Waals surface area contributed by atoms with Crippen molar-refractivity contribution in [2.24, 2.45) is 0 Å². The molecule has 3 heterocycles. The van der Waals surface area contributed by atoms with Crippen LogP contribution in [0.25, 0.3) is 10.4 Å². The van der Waals surface area contributed by atoms with Gasteiger partial charge in [-0.05, 0) is 41.8 Å². The van der Waals surface area contributed by atoms with E-state index < -0.39 is 16.1 Å². The zero-order valence-corrected chi connectivity index (χ0v) is 18.2. The maximum absolute atomic E-state index is 12.9. The quantitative estimate of drug-likeness (QED) is 0.701. The van der Waals surface area contributed by atoms with E-state index >= 15 is 0 Å². The molecule has 0 unspecified atom stereocenters. The number of carbonyl (C=O) groups excluding carboxylic acids is 1. The third kappa shape index (κ3) is 4.02. The van der Waals surface area contributed by atoms with Crippen LogP contribution < -0.4 is 5.32 Å². The average molecular weight is 480 g/mol. The first kappa shape index (κ1) is 19.9. The minimum atomic E-state index is -3.59. The maximum Gasteiger partial charge on any atom is 0.252 e. The molecular weight excluding hydrogens is 462 g/mol. The van der Waals surface area contributed by atoms with Gasteiger partial charge >= 0.3 is 0 Å². The Morgan fingerprint density at radius 1 is 1.38 bits per heavy atom. The van der Waals surface area contributed by atoms with Gasteiger partial charge in [0.1, 0.15) is 4.21 Å². The molecule has 0 radical (unpaired) electrons. The Balaban J connectivity index is 1.92. The van der Waals surface area contributed by atoms with Crippen LogP contribution in [-0.2, 0) is 14.8 Å². The van der Waals surface area contributed by atoms with Crippen LogP contribution in [-0.4, -0.2) is 47.9 Å². The van der Waals surface area contributed by atoms with Gasteiger partial charge in [-0.25, -0.2) is 13.4 Å². The Morgan fingerprint density at radius 3 is 2.65 bits per heavy atom. The first-order chi connectivity index (χ1) is 12.2. The Labute approximate surface area is 168 Å². The SMILES string of the molecule is CC(=O)Nc1nc(C)c(-c2cc(S(=O)(=O)N3CCC(O)CC3)sc2Br)s1. The number of rotatable bonds is 4. The van der Waals surface area contributed by atoms with E-state index in [-0.39, 0.29) is 10.1 Å². The van der Waals surface area contributed by atoms with E-state index in [0.29, 0.717) is 34.8 Å². The summed E-state index contributed by atoms with van der Waals surface area (Å²) in [5.74, 6) is -0.203. The third-order valence-corrected chi connectivity index (χ3v) is 9.30. The van der Waals surface area contributed by atoms with E-state index in [2.05, 4.69) is 26.2 Å². The number of hydrogen-bond acceptors (Lipinski definition) is 7. The zero-order valence-electron chi connectivity index (χ0n) is 14.2. The lowest BCUT2D eigenvalue weighted by molar-refractivity contribution is -0.114. The number of sulfonamides is 1. The van der Waals surface area contributed by atoms with Crippen LogP contribution in [0, 0.1) is 6.92 Å². The fourth-order valence-corrected chi connectivity index (χ4v) is 7.90. The summed E-state index contributed by atoms with van der Waals surface area (Å²) >= 11 is 5.93. The molecule has 0 spiro atoms. The molecule has 26 heavy (non-hydrogen) atoms. The molecule has 1 saturated heterocycles. The molecule has 2 aromatic rings. The number of halogens is 1. The van der Waals surface area contributed by atoms with Crippen LogP contribution in [0.4, 0.5) is 5.13 Å². The van der Waals surface area contributed by atoms with Crippen LogP contribution in [0.1, 0.15) is 25.5 Å². The van der Waals surface area contributed by atoms with Crippen molar-refractivity contribution >= 4 is 59.7 Å². The normalized spacial score (nSPS) is 16.8. The molecule has 7 nitrogen and oxygen atoms in total. The molecule has 1 fully saturated rings. The Hall–Kier alpha value is -0.850. The minimum absolute atomic E-state index is 0.203. The highest BCUT2D eigenvalue weighted by molar-refractivity contribution is 9.11. The van der Waals surface area contributed by atoms with E-state index in [1.54, 1.807) is 6.07 Å². The first-order valence-electron chi connectivity index (χ1n) is 7.91. The lowest BCUT2D eigenvalue weighted by Gasteiger charge is -2.28. The molecule has 0 saturated carbocycles. The van der Waals surface area contributed by atoms with Crippen LogP contribution in [0.5, 0.6) is 0 Å². The molecule has 1 aliphatic rings. The second kappa shape index (κ2) is 7.64. The number of amides is 1.